The summed E-state index contributed by atoms with van der Waals surface area (Å²) < 4.78 is 5.14. The third kappa shape index (κ3) is 1.88. The summed E-state index contributed by atoms with van der Waals surface area (Å²) in [6.45, 7) is 0. The molecule has 1 aromatic carbocycles. The topological polar surface area (TPSA) is 64.3 Å². The number of benzene rings is 1. The van der Waals surface area contributed by atoms with Crippen LogP contribution in [0.4, 0.5) is 4.79 Å². The minimum absolute atomic E-state index is 0.0587. The number of fused-ring (bicyclic) bond motifs is 1. The molecule has 0 saturated heterocycles. The fourth-order valence-electron chi connectivity index (χ4n) is 2.04. The molecule has 4 heteroatoms. The van der Waals surface area contributed by atoms with Crippen molar-refractivity contribution in [1.82, 2.24) is 5.32 Å². The summed E-state index contributed by atoms with van der Waals surface area (Å²) in [6, 6.07) is 5.49. The molecule has 0 radical (unpaired) electrons. The molecule has 2 rings (SSSR count). The lowest BCUT2D eigenvalue weighted by molar-refractivity contribution is 0.245. The van der Waals surface area contributed by atoms with Crippen LogP contribution < -0.4 is 15.8 Å². The summed E-state index contributed by atoms with van der Waals surface area (Å²) >= 11 is 0. The summed E-state index contributed by atoms with van der Waals surface area (Å²) in [5.74, 6) is 0.855. The van der Waals surface area contributed by atoms with Crippen molar-refractivity contribution in [2.45, 2.75) is 18.9 Å². The van der Waals surface area contributed by atoms with E-state index in [2.05, 4.69) is 5.32 Å². The van der Waals surface area contributed by atoms with Crippen LogP contribution >= 0.6 is 0 Å². The van der Waals surface area contributed by atoms with Gasteiger partial charge in [-0.3, -0.25) is 0 Å². The van der Waals surface area contributed by atoms with Crippen LogP contribution in [0.15, 0.2) is 18.2 Å². The van der Waals surface area contributed by atoms with Crippen molar-refractivity contribution < 1.29 is 9.53 Å². The van der Waals surface area contributed by atoms with E-state index < -0.39 is 6.03 Å². The van der Waals surface area contributed by atoms with Crippen LogP contribution in [0.3, 0.4) is 0 Å². The van der Waals surface area contributed by atoms with Crippen molar-refractivity contribution in [1.29, 1.82) is 0 Å². The van der Waals surface area contributed by atoms with Crippen LogP contribution in [0.2, 0.25) is 0 Å². The van der Waals surface area contributed by atoms with E-state index in [1.807, 2.05) is 18.2 Å². The normalized spacial score (nSPS) is 18.3. The largest absolute Gasteiger partial charge is 0.497 e. The number of aryl methyl sites for hydroxylation is 1. The maximum absolute atomic E-state index is 10.8. The van der Waals surface area contributed by atoms with Crippen LogP contribution in [0.25, 0.3) is 0 Å². The number of rotatable bonds is 2. The van der Waals surface area contributed by atoms with E-state index >= 15 is 0 Å². The van der Waals surface area contributed by atoms with E-state index in [0.29, 0.717) is 0 Å². The van der Waals surface area contributed by atoms with Gasteiger partial charge in [-0.15, -0.1) is 0 Å². The van der Waals surface area contributed by atoms with E-state index in [1.54, 1.807) is 7.11 Å². The van der Waals surface area contributed by atoms with Crippen LogP contribution in [0.5, 0.6) is 5.75 Å². The van der Waals surface area contributed by atoms with Crippen molar-refractivity contribution in [2.75, 3.05) is 7.11 Å². The molecule has 0 aliphatic heterocycles. The molecule has 1 aliphatic carbocycles. The lowest BCUT2D eigenvalue weighted by atomic mass is 10.1. The van der Waals surface area contributed by atoms with Gasteiger partial charge in [0.1, 0.15) is 5.75 Å². The summed E-state index contributed by atoms with van der Waals surface area (Å²) in [5.41, 5.74) is 7.49. The Balaban J connectivity index is 2.24. The Morgan fingerprint density at radius 3 is 3.07 bits per heavy atom. The van der Waals surface area contributed by atoms with Crippen molar-refractivity contribution in [2.24, 2.45) is 5.73 Å². The third-order valence-electron chi connectivity index (χ3n) is 2.74. The number of methoxy groups -OCH3 is 1. The second-order valence-corrected chi connectivity index (χ2v) is 3.66. The summed E-state index contributed by atoms with van der Waals surface area (Å²) in [7, 11) is 1.65. The Morgan fingerprint density at radius 2 is 2.40 bits per heavy atom. The standard InChI is InChI=1S/C11H14N2O2/c1-15-8-3-4-9-7(6-8)2-5-10(9)13-11(12)14/h3-4,6,10H,2,5H2,1H3,(H3,12,13,14)/t10-/m1/s1. The van der Waals surface area contributed by atoms with Gasteiger partial charge in [0.2, 0.25) is 0 Å². The number of nitrogens with one attached hydrogen (secondary N) is 1. The molecule has 80 valence electrons. The average Bonchev–Trinajstić information content (AvgIpc) is 2.60. The third-order valence-corrected chi connectivity index (χ3v) is 2.74. The lowest BCUT2D eigenvalue weighted by Gasteiger charge is -2.12. The zero-order valence-corrected chi connectivity index (χ0v) is 8.62. The maximum atomic E-state index is 10.8. The van der Waals surface area contributed by atoms with Gasteiger partial charge in [-0.1, -0.05) is 6.07 Å². The van der Waals surface area contributed by atoms with Gasteiger partial charge in [-0.05, 0) is 36.1 Å². The number of carbonyl (C=O) groups excluding carboxylic acids is 1. The number of amides is 2. The molecule has 0 unspecified atom stereocenters. The number of carbonyl (C=O) groups is 1. The molecule has 15 heavy (non-hydrogen) atoms. The first-order chi connectivity index (χ1) is 7.20. The molecule has 1 aromatic rings. The van der Waals surface area contributed by atoms with Gasteiger partial charge in [-0.25, -0.2) is 4.79 Å². The highest BCUT2D eigenvalue weighted by Gasteiger charge is 2.23. The van der Waals surface area contributed by atoms with Crippen molar-refractivity contribution in [3.05, 3.63) is 29.3 Å². The number of urea groups is 1. The summed E-state index contributed by atoms with van der Waals surface area (Å²) in [5, 5.41) is 2.73. The highest BCUT2D eigenvalue weighted by molar-refractivity contribution is 5.72. The van der Waals surface area contributed by atoms with Crippen LogP contribution in [0, 0.1) is 0 Å². The Labute approximate surface area is 88.4 Å². The first-order valence-corrected chi connectivity index (χ1v) is 4.93. The van der Waals surface area contributed by atoms with Gasteiger partial charge in [0.05, 0.1) is 13.2 Å². The van der Waals surface area contributed by atoms with E-state index in [0.717, 1.165) is 24.2 Å². The van der Waals surface area contributed by atoms with Gasteiger partial charge in [-0.2, -0.15) is 0 Å². The Hall–Kier alpha value is -1.71. The maximum Gasteiger partial charge on any atom is 0.312 e. The Bertz CT molecular complexity index is 390. The van der Waals surface area contributed by atoms with Crippen LogP contribution in [-0.2, 0) is 6.42 Å². The Morgan fingerprint density at radius 1 is 1.60 bits per heavy atom. The van der Waals surface area contributed by atoms with Gasteiger partial charge < -0.3 is 15.8 Å². The highest BCUT2D eigenvalue weighted by atomic mass is 16.5. The minimum Gasteiger partial charge on any atom is -0.497 e. The first kappa shape index (κ1) is 9.83. The van der Waals surface area contributed by atoms with Gasteiger partial charge in [0.15, 0.2) is 0 Å². The first-order valence-electron chi connectivity index (χ1n) is 4.93. The van der Waals surface area contributed by atoms with Gasteiger partial charge in [0, 0.05) is 0 Å². The molecule has 0 fully saturated rings. The monoisotopic (exact) mass is 206 g/mol. The minimum atomic E-state index is -0.469. The van der Waals surface area contributed by atoms with Crippen LogP contribution in [-0.4, -0.2) is 13.1 Å². The SMILES string of the molecule is COc1ccc2c(c1)CC[C@H]2NC(N)=O. The average molecular weight is 206 g/mol. The number of ether oxygens (including phenoxy) is 1. The van der Waals surface area contributed by atoms with E-state index in [1.165, 1.54) is 5.56 Å². The lowest BCUT2D eigenvalue weighted by Crippen LogP contribution is -2.32. The molecule has 0 aromatic heterocycles. The quantitative estimate of drug-likeness (QED) is 0.767. The smallest absolute Gasteiger partial charge is 0.312 e. The molecule has 0 spiro atoms. The second-order valence-electron chi connectivity index (χ2n) is 3.66. The van der Waals surface area contributed by atoms with Crippen molar-refractivity contribution in [3.63, 3.8) is 0 Å². The molecular formula is C11H14N2O2. The molecule has 1 aliphatic rings. The predicted octanol–water partition coefficient (Wildman–Crippen LogP) is 1.35. The second kappa shape index (κ2) is 3.81. The zero-order chi connectivity index (χ0) is 10.8. The fraction of sp³-hybridized carbons (Fsp3) is 0.364. The highest BCUT2D eigenvalue weighted by Crippen LogP contribution is 2.33. The summed E-state index contributed by atoms with van der Waals surface area (Å²) in [6.07, 6.45) is 1.86. The Kier molecular flexibility index (Phi) is 2.49. The number of hydrogen-bond donors (Lipinski definition) is 2. The number of hydrogen-bond acceptors (Lipinski definition) is 2. The molecule has 3 N–H and O–H groups in total. The van der Waals surface area contributed by atoms with Gasteiger partial charge in [0.25, 0.3) is 0 Å². The van der Waals surface area contributed by atoms with E-state index in [-0.39, 0.29) is 6.04 Å². The van der Waals surface area contributed by atoms with Crippen LogP contribution in [0.1, 0.15) is 23.6 Å². The molecule has 0 saturated carbocycles. The number of nitrogens with two attached hydrogens (primary N) is 1. The number of primary amides is 1. The molecule has 0 bridgehead atoms. The molecular weight excluding hydrogens is 192 g/mol. The zero-order valence-electron chi connectivity index (χ0n) is 8.62. The van der Waals surface area contributed by atoms with Crippen molar-refractivity contribution >= 4 is 6.03 Å². The van der Waals surface area contributed by atoms with E-state index in [9.17, 15) is 4.79 Å². The predicted molar refractivity (Wildman–Crippen MR) is 56.8 cm³/mol. The van der Waals surface area contributed by atoms with Gasteiger partial charge >= 0.3 is 6.03 Å². The fourth-order valence-corrected chi connectivity index (χ4v) is 2.04. The molecule has 2 amide bonds. The molecule has 0 heterocycles. The summed E-state index contributed by atoms with van der Waals surface area (Å²) in [4.78, 5) is 10.8. The van der Waals surface area contributed by atoms with E-state index in [4.69, 9.17) is 10.5 Å². The molecule has 4 nitrogen and oxygen atoms in total. The van der Waals surface area contributed by atoms with Crippen molar-refractivity contribution in [3.8, 4) is 5.75 Å². The molecule has 1 atom stereocenters.